The van der Waals surface area contributed by atoms with E-state index in [1.807, 2.05) is 6.07 Å². The lowest BCUT2D eigenvalue weighted by molar-refractivity contribution is -0.164. The summed E-state index contributed by atoms with van der Waals surface area (Å²) in [4.78, 5) is 22.4. The number of ether oxygens (including phenoxy) is 3. The van der Waals surface area contributed by atoms with Crippen LogP contribution in [-0.2, 0) is 23.8 Å². The van der Waals surface area contributed by atoms with Gasteiger partial charge in [0.1, 0.15) is 6.61 Å². The number of rotatable bonds is 6. The Morgan fingerprint density at radius 2 is 2.21 bits per heavy atom. The minimum Gasteiger partial charge on any atom is -0.460 e. The first-order valence-electron chi connectivity index (χ1n) is 6.23. The van der Waals surface area contributed by atoms with Crippen LogP contribution in [0.15, 0.2) is 30.3 Å². The van der Waals surface area contributed by atoms with Crippen molar-refractivity contribution in [2.45, 2.75) is 25.0 Å². The van der Waals surface area contributed by atoms with E-state index in [2.05, 4.69) is 0 Å². The van der Waals surface area contributed by atoms with E-state index in [9.17, 15) is 9.59 Å². The molecule has 1 saturated heterocycles. The van der Waals surface area contributed by atoms with Crippen molar-refractivity contribution in [1.29, 1.82) is 0 Å². The maximum absolute atomic E-state index is 11.9. The molecule has 2 rings (SSSR count). The number of carbonyl (C=O) groups excluding carboxylic acids is 2. The molecule has 2 atom stereocenters. The lowest BCUT2D eigenvalue weighted by atomic mass is 10.1. The van der Waals surface area contributed by atoms with Crippen molar-refractivity contribution in [1.82, 2.24) is 0 Å². The number of hydrogen-bond donors (Lipinski definition) is 0. The zero-order valence-corrected chi connectivity index (χ0v) is 10.5. The molecule has 0 radical (unpaired) electrons. The van der Waals surface area contributed by atoms with Crippen LogP contribution < -0.4 is 0 Å². The van der Waals surface area contributed by atoms with Crippen molar-refractivity contribution in [3.63, 3.8) is 0 Å². The van der Waals surface area contributed by atoms with Gasteiger partial charge in [-0.1, -0.05) is 30.3 Å². The smallest absolute Gasteiger partial charge is 0.352 e. The van der Waals surface area contributed by atoms with E-state index >= 15 is 0 Å². The van der Waals surface area contributed by atoms with Gasteiger partial charge >= 0.3 is 5.97 Å². The van der Waals surface area contributed by atoms with E-state index in [0.717, 1.165) is 12.8 Å². The molecule has 2 unspecified atom stereocenters. The highest BCUT2D eigenvalue weighted by Gasteiger charge is 2.25. The first-order valence-corrected chi connectivity index (χ1v) is 6.23. The van der Waals surface area contributed by atoms with Crippen LogP contribution in [0.2, 0.25) is 0 Å². The second-order valence-corrected chi connectivity index (χ2v) is 4.29. The summed E-state index contributed by atoms with van der Waals surface area (Å²) in [7, 11) is 0. The van der Waals surface area contributed by atoms with Gasteiger partial charge in [-0.05, 0) is 12.8 Å². The molecule has 0 aromatic heterocycles. The average Bonchev–Trinajstić information content (AvgIpc) is 2.96. The van der Waals surface area contributed by atoms with E-state index in [1.165, 1.54) is 0 Å². The first-order chi connectivity index (χ1) is 9.31. The fraction of sp³-hybridized carbons (Fsp3) is 0.429. The average molecular weight is 264 g/mol. The first kappa shape index (κ1) is 13.5. The topological polar surface area (TPSA) is 61.8 Å². The van der Waals surface area contributed by atoms with Crippen LogP contribution in [-0.4, -0.2) is 31.8 Å². The maximum atomic E-state index is 11.9. The fourth-order valence-corrected chi connectivity index (χ4v) is 1.98. The summed E-state index contributed by atoms with van der Waals surface area (Å²) in [6.07, 6.45) is 0.809. The summed E-state index contributed by atoms with van der Waals surface area (Å²) in [5, 5.41) is 0. The standard InChI is InChI=1S/C14H16O5/c15-10-19-13(11-5-2-1-3-6-11)14(16)18-9-12-7-4-8-17-12/h1-3,5-6,10,12-13H,4,7-9H2. The summed E-state index contributed by atoms with van der Waals surface area (Å²) in [6.45, 7) is 1.16. The van der Waals surface area contributed by atoms with Crippen molar-refractivity contribution in [3.05, 3.63) is 35.9 Å². The van der Waals surface area contributed by atoms with Gasteiger partial charge in [0, 0.05) is 12.2 Å². The molecule has 0 spiro atoms. The Morgan fingerprint density at radius 1 is 1.42 bits per heavy atom. The maximum Gasteiger partial charge on any atom is 0.352 e. The third-order valence-corrected chi connectivity index (χ3v) is 2.94. The number of benzene rings is 1. The monoisotopic (exact) mass is 264 g/mol. The Labute approximate surface area is 111 Å². The molecule has 102 valence electrons. The lowest BCUT2D eigenvalue weighted by Gasteiger charge is -2.16. The molecule has 1 aliphatic heterocycles. The summed E-state index contributed by atoms with van der Waals surface area (Å²) in [5.74, 6) is -0.575. The molecular formula is C14H16O5. The van der Waals surface area contributed by atoms with Gasteiger partial charge in [-0.25, -0.2) is 4.79 Å². The molecule has 5 nitrogen and oxygen atoms in total. The van der Waals surface area contributed by atoms with Crippen LogP contribution >= 0.6 is 0 Å². The van der Waals surface area contributed by atoms with E-state index in [-0.39, 0.29) is 19.2 Å². The highest BCUT2D eigenvalue weighted by atomic mass is 16.6. The Hall–Kier alpha value is -1.88. The molecule has 0 aliphatic carbocycles. The van der Waals surface area contributed by atoms with Crippen molar-refractivity contribution < 1.29 is 23.8 Å². The lowest BCUT2D eigenvalue weighted by Crippen LogP contribution is -2.23. The summed E-state index contributed by atoms with van der Waals surface area (Å²) in [5.41, 5.74) is 0.590. The highest BCUT2D eigenvalue weighted by molar-refractivity contribution is 5.77. The van der Waals surface area contributed by atoms with Crippen molar-refractivity contribution in [2.24, 2.45) is 0 Å². The Balaban J connectivity index is 1.94. The van der Waals surface area contributed by atoms with Crippen molar-refractivity contribution >= 4 is 12.4 Å². The van der Waals surface area contributed by atoms with Gasteiger partial charge in [-0.15, -0.1) is 0 Å². The third kappa shape index (κ3) is 3.79. The van der Waals surface area contributed by atoms with Crippen LogP contribution in [0.5, 0.6) is 0 Å². The van der Waals surface area contributed by atoms with Gasteiger partial charge in [-0.2, -0.15) is 0 Å². The third-order valence-electron chi connectivity index (χ3n) is 2.94. The molecule has 0 N–H and O–H groups in total. The molecule has 0 bridgehead atoms. The molecule has 0 saturated carbocycles. The second kappa shape index (κ2) is 6.89. The molecule has 1 aromatic carbocycles. The molecule has 19 heavy (non-hydrogen) atoms. The zero-order valence-electron chi connectivity index (χ0n) is 10.5. The summed E-state index contributed by atoms with van der Waals surface area (Å²) in [6, 6.07) is 8.77. The van der Waals surface area contributed by atoms with Gasteiger partial charge in [0.05, 0.1) is 6.10 Å². The molecule has 1 heterocycles. The minimum absolute atomic E-state index is 0.0448. The van der Waals surface area contributed by atoms with E-state index in [4.69, 9.17) is 14.2 Å². The number of carbonyl (C=O) groups is 2. The zero-order chi connectivity index (χ0) is 13.5. The molecule has 1 aromatic rings. The van der Waals surface area contributed by atoms with E-state index in [0.29, 0.717) is 12.2 Å². The van der Waals surface area contributed by atoms with Gasteiger partial charge in [0.15, 0.2) is 0 Å². The predicted octanol–water partition coefficient (Wildman–Crippen LogP) is 1.62. The molecule has 0 amide bonds. The Bertz CT molecular complexity index is 411. The normalized spacial score (nSPS) is 19.7. The van der Waals surface area contributed by atoms with Crippen molar-refractivity contribution in [2.75, 3.05) is 13.2 Å². The predicted molar refractivity (Wildman–Crippen MR) is 66.3 cm³/mol. The molecule has 1 aliphatic rings. The molecule has 1 fully saturated rings. The van der Waals surface area contributed by atoms with E-state index < -0.39 is 12.1 Å². The quantitative estimate of drug-likeness (QED) is 0.577. The molecular weight excluding hydrogens is 248 g/mol. The summed E-state index contributed by atoms with van der Waals surface area (Å²) >= 11 is 0. The van der Waals surface area contributed by atoms with Crippen LogP contribution in [0.3, 0.4) is 0 Å². The SMILES string of the molecule is O=COC(C(=O)OCC1CCCO1)c1ccccc1. The highest BCUT2D eigenvalue weighted by Crippen LogP contribution is 2.19. The van der Waals surface area contributed by atoms with Gasteiger partial charge < -0.3 is 14.2 Å². The summed E-state index contributed by atoms with van der Waals surface area (Å²) < 4.78 is 15.3. The van der Waals surface area contributed by atoms with Crippen LogP contribution in [0.4, 0.5) is 0 Å². The Kier molecular flexibility index (Phi) is 4.92. The molecule has 5 heteroatoms. The number of hydrogen-bond acceptors (Lipinski definition) is 5. The second-order valence-electron chi connectivity index (χ2n) is 4.29. The van der Waals surface area contributed by atoms with Crippen molar-refractivity contribution in [3.8, 4) is 0 Å². The fourth-order valence-electron chi connectivity index (χ4n) is 1.98. The van der Waals surface area contributed by atoms with Crippen LogP contribution in [0.25, 0.3) is 0 Å². The van der Waals surface area contributed by atoms with Crippen LogP contribution in [0, 0.1) is 0 Å². The Morgan fingerprint density at radius 3 is 2.84 bits per heavy atom. The van der Waals surface area contributed by atoms with Crippen LogP contribution in [0.1, 0.15) is 24.5 Å². The largest absolute Gasteiger partial charge is 0.460 e. The van der Waals surface area contributed by atoms with E-state index in [1.54, 1.807) is 24.3 Å². The minimum atomic E-state index is -1.01. The van der Waals surface area contributed by atoms with Gasteiger partial charge in [0.2, 0.25) is 6.10 Å². The van der Waals surface area contributed by atoms with Gasteiger partial charge in [0.25, 0.3) is 6.47 Å². The number of esters is 1. The van der Waals surface area contributed by atoms with Gasteiger partial charge in [-0.3, -0.25) is 4.79 Å².